The third-order valence-corrected chi connectivity index (χ3v) is 15.0. The molecule has 0 aliphatic carbocycles. The lowest BCUT2D eigenvalue weighted by molar-refractivity contribution is -0.318. The summed E-state index contributed by atoms with van der Waals surface area (Å²) in [6.07, 6.45) is -11.0. The van der Waals surface area contributed by atoms with Crippen LogP contribution in [0.25, 0.3) is 11.1 Å². The van der Waals surface area contributed by atoms with Crippen molar-refractivity contribution in [2.45, 2.75) is 179 Å². The number of benzene rings is 1. The molecular weight excluding hydrogens is 873 g/mol. The van der Waals surface area contributed by atoms with Crippen LogP contribution in [0.4, 0.5) is 0 Å². The molecule has 0 spiro atoms. The minimum absolute atomic E-state index is 0.0410. The van der Waals surface area contributed by atoms with Crippen molar-refractivity contribution in [1.82, 2.24) is 10.2 Å². The Kier molecular flexibility index (Phi) is 18.2. The van der Waals surface area contributed by atoms with Gasteiger partial charge in [0.1, 0.15) is 29.7 Å². The van der Waals surface area contributed by atoms with E-state index < -0.39 is 108 Å². The van der Waals surface area contributed by atoms with Gasteiger partial charge in [-0.3, -0.25) is 14.4 Å². The molecule has 18 atom stereocenters. The smallest absolute Gasteiger partial charge is 0.311 e. The van der Waals surface area contributed by atoms with Gasteiger partial charge in [-0.2, -0.15) is 11.3 Å². The van der Waals surface area contributed by atoms with Crippen molar-refractivity contribution < 1.29 is 68.3 Å². The first-order chi connectivity index (χ1) is 30.8. The molecule has 17 heteroatoms. The molecule has 3 aliphatic rings. The summed E-state index contributed by atoms with van der Waals surface area (Å²) in [7, 11) is 5.14. The number of nitrogens with zero attached hydrogens (tertiary/aromatic N) is 1. The van der Waals surface area contributed by atoms with E-state index >= 15 is 0 Å². The third-order valence-electron chi connectivity index (χ3n) is 14.3. The van der Waals surface area contributed by atoms with Gasteiger partial charge in [0, 0.05) is 50.3 Å². The Labute approximate surface area is 394 Å². The predicted octanol–water partition coefficient (Wildman–Crippen LogP) is 3.85. The molecule has 3 aliphatic heterocycles. The number of amides is 1. The Hall–Kier alpha value is -2.91. The van der Waals surface area contributed by atoms with Crippen LogP contribution in [0.2, 0.25) is 0 Å². The van der Waals surface area contributed by atoms with Crippen molar-refractivity contribution in [3.05, 3.63) is 46.7 Å². The lowest BCUT2D eigenvalue weighted by atomic mass is 9.74. The molecule has 5 rings (SSSR count). The summed E-state index contributed by atoms with van der Waals surface area (Å²) in [5, 5.41) is 66.1. The maximum Gasteiger partial charge on any atom is 0.311 e. The quantitative estimate of drug-likeness (QED) is 0.166. The minimum atomic E-state index is -2.21. The molecule has 1 aromatic heterocycles. The SMILES string of the molecule is COC1(C)CC(O[C@H]2[C@H](C)[C@@H](OC3OC(C)CC(N(C)C)C3O)[C@](C)(O)C[C@@H](C)C(=O)[C@H](C)[C@@H](O)[C@](C)(O)[C@@H](CCNC(=O)Cc3cccc(-c4ccsc4)c3)OC(=O)[C@@H]2C)OC(C)C1O. The summed E-state index contributed by atoms with van der Waals surface area (Å²) in [4.78, 5) is 44.1. The number of thiophene rings is 1. The van der Waals surface area contributed by atoms with Crippen molar-refractivity contribution in [2.24, 2.45) is 23.7 Å². The number of methoxy groups -OCH3 is 1. The number of likely N-dealkylation sites (N-methyl/N-ethyl adjacent to an activating group) is 1. The number of nitrogens with one attached hydrogen (secondary N) is 1. The van der Waals surface area contributed by atoms with Crippen molar-refractivity contribution in [3.63, 3.8) is 0 Å². The molecule has 6 N–H and O–H groups in total. The van der Waals surface area contributed by atoms with Gasteiger partial charge in [0.05, 0.1) is 54.1 Å². The topological polar surface area (TPSA) is 223 Å². The van der Waals surface area contributed by atoms with Crippen LogP contribution in [0.1, 0.15) is 93.6 Å². The number of ketones is 1. The molecule has 0 saturated carbocycles. The van der Waals surface area contributed by atoms with Gasteiger partial charge in [0.25, 0.3) is 0 Å². The lowest BCUT2D eigenvalue weighted by Crippen LogP contribution is -2.61. The van der Waals surface area contributed by atoms with Crippen molar-refractivity contribution in [1.29, 1.82) is 0 Å². The molecule has 0 radical (unpaired) electrons. The normalized spacial score (nSPS) is 41.0. The standard InChI is InChI=1S/C49H76N2O14S/c1-26-23-47(7,58)44(65-46-40(54)35(51(10)11)20-27(2)61-46)29(4)41(64-38-24-48(8,60-12)43(56)31(6)62-38)30(5)45(57)63-36(49(9,59)42(55)28(3)39(26)53)16-18-50-37(52)22-32-14-13-15-33(21-32)34-17-19-66-25-34/h13-15,17,19,21,25-31,35-36,38,40-44,46,54-56,58-59H,16,18,20,22-24H2,1-12H3,(H,50,52)/t26-,27?,28+,29+,30-,31?,35?,36-,38?,40?,41+,42-,43?,44-,46?,47-,48?,49-/m1/s1. The number of aliphatic hydroxyl groups excluding tert-OH is 3. The number of rotatable bonds is 12. The molecule has 1 aromatic carbocycles. The second-order valence-corrected chi connectivity index (χ2v) is 20.9. The fraction of sp³-hybridized carbons (Fsp3) is 0.735. The Bertz CT molecular complexity index is 1910. The highest BCUT2D eigenvalue weighted by Crippen LogP contribution is 2.41. The van der Waals surface area contributed by atoms with Gasteiger partial charge in [0.15, 0.2) is 12.6 Å². The van der Waals surface area contributed by atoms with E-state index in [0.29, 0.717) is 6.42 Å². The van der Waals surface area contributed by atoms with Gasteiger partial charge in [-0.05, 0) is 102 Å². The Balaban J connectivity index is 1.50. The maximum atomic E-state index is 14.7. The Morgan fingerprint density at radius 2 is 1.62 bits per heavy atom. The van der Waals surface area contributed by atoms with E-state index in [1.165, 1.54) is 27.9 Å². The third kappa shape index (κ3) is 12.5. The average Bonchev–Trinajstić information content (AvgIpc) is 3.81. The highest BCUT2D eigenvalue weighted by Gasteiger charge is 2.53. The van der Waals surface area contributed by atoms with Gasteiger partial charge >= 0.3 is 5.97 Å². The predicted molar refractivity (Wildman–Crippen MR) is 247 cm³/mol. The molecule has 1 amide bonds. The van der Waals surface area contributed by atoms with Gasteiger partial charge in [-0.1, -0.05) is 45.0 Å². The number of hydrogen-bond donors (Lipinski definition) is 6. The number of cyclic esters (lactones) is 1. The Morgan fingerprint density at radius 3 is 2.26 bits per heavy atom. The Morgan fingerprint density at radius 1 is 0.924 bits per heavy atom. The molecule has 4 heterocycles. The monoisotopic (exact) mass is 949 g/mol. The maximum absolute atomic E-state index is 14.7. The average molecular weight is 949 g/mol. The number of aliphatic hydroxyl groups is 5. The van der Waals surface area contributed by atoms with Crippen LogP contribution >= 0.6 is 11.3 Å². The van der Waals surface area contributed by atoms with E-state index in [1.54, 1.807) is 46.0 Å². The molecular formula is C49H76N2O14S. The van der Waals surface area contributed by atoms with Gasteiger partial charge in [-0.15, -0.1) is 0 Å². The van der Waals surface area contributed by atoms with Crippen LogP contribution in [0.3, 0.4) is 0 Å². The summed E-state index contributed by atoms with van der Waals surface area (Å²) >= 11 is 1.58. The molecule has 3 fully saturated rings. The number of Topliss-reactive ketones (excluding diaryl/α,β-unsaturated/α-hetero) is 1. The summed E-state index contributed by atoms with van der Waals surface area (Å²) in [5.41, 5.74) is -2.38. The highest BCUT2D eigenvalue weighted by atomic mass is 32.1. The van der Waals surface area contributed by atoms with Crippen LogP contribution < -0.4 is 5.32 Å². The van der Waals surface area contributed by atoms with Gasteiger partial charge < -0.3 is 64.2 Å². The zero-order chi connectivity index (χ0) is 49.1. The number of esters is 1. The van der Waals surface area contributed by atoms with Gasteiger partial charge in [0.2, 0.25) is 5.91 Å². The summed E-state index contributed by atoms with van der Waals surface area (Å²) < 4.78 is 37.7. The molecule has 8 unspecified atom stereocenters. The number of carbonyl (C=O) groups excluding carboxylic acids is 3. The van der Waals surface area contributed by atoms with E-state index in [1.807, 2.05) is 67.0 Å². The first-order valence-corrected chi connectivity index (χ1v) is 24.2. The first-order valence-electron chi connectivity index (χ1n) is 23.3. The number of hydrogen-bond acceptors (Lipinski definition) is 16. The fourth-order valence-corrected chi connectivity index (χ4v) is 10.8. The van der Waals surface area contributed by atoms with E-state index in [2.05, 4.69) is 5.32 Å². The molecule has 372 valence electrons. The molecule has 66 heavy (non-hydrogen) atoms. The van der Waals surface area contributed by atoms with Crippen LogP contribution in [0, 0.1) is 23.7 Å². The van der Waals surface area contributed by atoms with Crippen LogP contribution in [-0.4, -0.2) is 160 Å². The zero-order valence-corrected chi connectivity index (χ0v) is 41.5. The fourth-order valence-electron chi connectivity index (χ4n) is 10.1. The lowest BCUT2D eigenvalue weighted by Gasteiger charge is -2.49. The van der Waals surface area contributed by atoms with Crippen LogP contribution in [0.5, 0.6) is 0 Å². The second-order valence-electron chi connectivity index (χ2n) is 20.1. The van der Waals surface area contributed by atoms with Crippen molar-refractivity contribution in [2.75, 3.05) is 27.7 Å². The number of carbonyl (C=O) groups is 3. The molecule has 2 aromatic rings. The minimum Gasteiger partial charge on any atom is -0.459 e. The largest absolute Gasteiger partial charge is 0.459 e. The molecule has 0 bridgehead atoms. The summed E-state index contributed by atoms with van der Waals surface area (Å²) in [6, 6.07) is 9.29. The highest BCUT2D eigenvalue weighted by molar-refractivity contribution is 7.08. The first kappa shape index (κ1) is 54.0. The zero-order valence-electron chi connectivity index (χ0n) is 40.7. The number of ether oxygens (including phenoxy) is 6. The van der Waals surface area contributed by atoms with Gasteiger partial charge in [-0.25, -0.2) is 0 Å². The van der Waals surface area contributed by atoms with E-state index in [0.717, 1.165) is 16.7 Å². The van der Waals surface area contributed by atoms with E-state index in [4.69, 9.17) is 28.4 Å². The van der Waals surface area contributed by atoms with E-state index in [9.17, 15) is 39.9 Å². The van der Waals surface area contributed by atoms with Crippen LogP contribution in [-0.2, 0) is 49.2 Å². The summed E-state index contributed by atoms with van der Waals surface area (Å²) in [5.74, 6) is -5.89. The van der Waals surface area contributed by atoms with E-state index in [-0.39, 0.29) is 50.3 Å². The summed E-state index contributed by atoms with van der Waals surface area (Å²) in [6.45, 7) is 14.4. The molecule has 3 saturated heterocycles. The van der Waals surface area contributed by atoms with Crippen molar-refractivity contribution >= 4 is 29.0 Å². The molecule has 16 nitrogen and oxygen atoms in total. The van der Waals surface area contributed by atoms with Crippen molar-refractivity contribution in [3.8, 4) is 11.1 Å². The second kappa shape index (κ2) is 22.2. The van der Waals surface area contributed by atoms with Crippen LogP contribution in [0.15, 0.2) is 41.1 Å².